The van der Waals surface area contributed by atoms with Crippen LogP contribution < -0.4 is 10.6 Å². The van der Waals surface area contributed by atoms with E-state index in [0.29, 0.717) is 23.6 Å². The number of nitrogens with one attached hydrogen (secondary N) is 2. The number of anilines is 1. The van der Waals surface area contributed by atoms with E-state index in [-0.39, 0.29) is 11.7 Å². The lowest BCUT2D eigenvalue weighted by atomic mass is 9.76. The molecule has 1 aliphatic rings. The molecule has 2 aromatic carbocycles. The fourth-order valence-electron chi connectivity index (χ4n) is 3.45. The van der Waals surface area contributed by atoms with Crippen molar-refractivity contribution in [2.24, 2.45) is 5.92 Å². The number of benzene rings is 2. The highest BCUT2D eigenvalue weighted by atomic mass is 16.1. The fraction of sp³-hybridized carbons (Fsp3) is 0.300. The smallest absolute Gasteiger partial charge is 0.211 e. The van der Waals surface area contributed by atoms with E-state index in [9.17, 15) is 9.59 Å². The normalized spacial score (nSPS) is 16.3. The first-order valence-electron chi connectivity index (χ1n) is 8.39. The molecule has 24 heavy (non-hydrogen) atoms. The Hall–Kier alpha value is -2.46. The van der Waals surface area contributed by atoms with Crippen molar-refractivity contribution in [1.29, 1.82) is 0 Å². The third-order valence-corrected chi connectivity index (χ3v) is 4.69. The van der Waals surface area contributed by atoms with E-state index in [0.717, 1.165) is 31.5 Å². The number of ketones is 1. The van der Waals surface area contributed by atoms with Crippen molar-refractivity contribution in [3.63, 3.8) is 0 Å². The van der Waals surface area contributed by atoms with E-state index in [1.54, 1.807) is 24.3 Å². The summed E-state index contributed by atoms with van der Waals surface area (Å²) in [5, 5.41) is 5.97. The van der Waals surface area contributed by atoms with Gasteiger partial charge < -0.3 is 10.6 Å². The highest BCUT2D eigenvalue weighted by Gasteiger charge is 2.31. The standard InChI is InChI=1S/C20H22N2O2/c23-14-22-18-8-6-17(7-9-18)20(24)19(15-4-2-1-3-5-15)16-10-12-21-13-11-16/h1-9,14,16,19,21H,10-13H2,(H,22,23). The molecule has 1 saturated heterocycles. The van der Waals surface area contributed by atoms with Crippen LogP contribution in [0.5, 0.6) is 0 Å². The summed E-state index contributed by atoms with van der Waals surface area (Å²) in [5.41, 5.74) is 2.48. The Morgan fingerprint density at radius 1 is 1.04 bits per heavy atom. The molecule has 1 amide bonds. The molecule has 1 fully saturated rings. The molecular formula is C20H22N2O2. The van der Waals surface area contributed by atoms with Crippen LogP contribution in [0.4, 0.5) is 5.69 Å². The van der Waals surface area contributed by atoms with E-state index in [1.165, 1.54) is 0 Å². The molecule has 2 aromatic rings. The van der Waals surface area contributed by atoms with Crippen molar-refractivity contribution >= 4 is 17.9 Å². The Kier molecular flexibility index (Phi) is 5.39. The van der Waals surface area contributed by atoms with Crippen LogP contribution in [0.1, 0.15) is 34.7 Å². The highest BCUT2D eigenvalue weighted by Crippen LogP contribution is 2.34. The molecule has 0 aromatic heterocycles. The number of piperidine rings is 1. The van der Waals surface area contributed by atoms with Gasteiger partial charge in [0.05, 0.1) is 5.92 Å². The van der Waals surface area contributed by atoms with Gasteiger partial charge in [0.1, 0.15) is 0 Å². The van der Waals surface area contributed by atoms with Crippen LogP contribution >= 0.6 is 0 Å². The van der Waals surface area contributed by atoms with Crippen LogP contribution in [-0.4, -0.2) is 25.3 Å². The van der Waals surface area contributed by atoms with E-state index in [2.05, 4.69) is 10.6 Å². The van der Waals surface area contributed by atoms with Gasteiger partial charge >= 0.3 is 0 Å². The monoisotopic (exact) mass is 322 g/mol. The van der Waals surface area contributed by atoms with Crippen molar-refractivity contribution in [2.75, 3.05) is 18.4 Å². The van der Waals surface area contributed by atoms with E-state index < -0.39 is 0 Å². The second-order valence-electron chi connectivity index (χ2n) is 6.18. The Morgan fingerprint density at radius 2 is 1.71 bits per heavy atom. The van der Waals surface area contributed by atoms with Gasteiger partial charge in [-0.05, 0) is 61.7 Å². The number of hydrogen-bond donors (Lipinski definition) is 2. The summed E-state index contributed by atoms with van der Waals surface area (Å²) in [6, 6.07) is 17.2. The van der Waals surface area contributed by atoms with Gasteiger partial charge in [0.15, 0.2) is 5.78 Å². The molecule has 2 N–H and O–H groups in total. The van der Waals surface area contributed by atoms with Crippen LogP contribution in [0.15, 0.2) is 54.6 Å². The number of carbonyl (C=O) groups excluding carboxylic acids is 2. The predicted molar refractivity (Wildman–Crippen MR) is 95.2 cm³/mol. The van der Waals surface area contributed by atoms with Gasteiger partial charge in [-0.25, -0.2) is 0 Å². The average Bonchev–Trinajstić information content (AvgIpc) is 2.64. The van der Waals surface area contributed by atoms with Gasteiger partial charge in [0, 0.05) is 11.3 Å². The molecule has 1 atom stereocenters. The lowest BCUT2D eigenvalue weighted by molar-refractivity contribution is -0.105. The molecule has 1 aliphatic heterocycles. The second kappa shape index (κ2) is 7.88. The van der Waals surface area contributed by atoms with Crippen LogP contribution in [-0.2, 0) is 4.79 Å². The van der Waals surface area contributed by atoms with Gasteiger partial charge in [0.2, 0.25) is 6.41 Å². The average molecular weight is 322 g/mol. The predicted octanol–water partition coefficient (Wildman–Crippen LogP) is 3.22. The number of Topliss-reactive ketones (excluding diaryl/α,β-unsaturated/α-hetero) is 1. The van der Waals surface area contributed by atoms with Gasteiger partial charge in [-0.15, -0.1) is 0 Å². The molecule has 4 nitrogen and oxygen atoms in total. The summed E-state index contributed by atoms with van der Waals surface area (Å²) < 4.78 is 0. The van der Waals surface area contributed by atoms with Crippen molar-refractivity contribution in [1.82, 2.24) is 5.32 Å². The van der Waals surface area contributed by atoms with Crippen molar-refractivity contribution < 1.29 is 9.59 Å². The molecule has 0 spiro atoms. The first-order chi connectivity index (χ1) is 11.8. The maximum Gasteiger partial charge on any atom is 0.211 e. The number of rotatable bonds is 6. The SMILES string of the molecule is O=CNc1ccc(C(=O)C(c2ccccc2)C2CCNCC2)cc1. The van der Waals surface area contributed by atoms with Crippen LogP contribution in [0.25, 0.3) is 0 Å². The summed E-state index contributed by atoms with van der Waals surface area (Å²) in [6.07, 6.45) is 2.66. The van der Waals surface area contributed by atoms with E-state index >= 15 is 0 Å². The van der Waals surface area contributed by atoms with E-state index in [1.807, 2.05) is 30.3 Å². The topological polar surface area (TPSA) is 58.2 Å². The number of carbonyl (C=O) groups is 2. The maximum atomic E-state index is 13.2. The van der Waals surface area contributed by atoms with Crippen LogP contribution in [0.3, 0.4) is 0 Å². The summed E-state index contributed by atoms with van der Waals surface area (Å²) in [4.78, 5) is 23.7. The highest BCUT2D eigenvalue weighted by molar-refractivity contribution is 6.01. The van der Waals surface area contributed by atoms with Gasteiger partial charge in [-0.2, -0.15) is 0 Å². The van der Waals surface area contributed by atoms with Crippen molar-refractivity contribution in [3.05, 3.63) is 65.7 Å². The molecule has 1 heterocycles. The van der Waals surface area contributed by atoms with Crippen molar-refractivity contribution in [2.45, 2.75) is 18.8 Å². The molecule has 0 aliphatic carbocycles. The molecule has 1 unspecified atom stereocenters. The summed E-state index contributed by atoms with van der Waals surface area (Å²) in [5.74, 6) is 0.401. The molecule has 0 radical (unpaired) electrons. The second-order valence-corrected chi connectivity index (χ2v) is 6.18. The first-order valence-corrected chi connectivity index (χ1v) is 8.39. The molecule has 0 bridgehead atoms. The summed E-state index contributed by atoms with van der Waals surface area (Å²) >= 11 is 0. The molecule has 0 saturated carbocycles. The third-order valence-electron chi connectivity index (χ3n) is 4.69. The first kappa shape index (κ1) is 16.4. The summed E-state index contributed by atoms with van der Waals surface area (Å²) in [7, 11) is 0. The minimum absolute atomic E-state index is 0.113. The Balaban J connectivity index is 1.89. The lowest BCUT2D eigenvalue weighted by Crippen LogP contribution is -2.33. The van der Waals surface area contributed by atoms with E-state index in [4.69, 9.17) is 0 Å². The molecule has 4 heteroatoms. The van der Waals surface area contributed by atoms with Crippen molar-refractivity contribution in [3.8, 4) is 0 Å². The minimum Gasteiger partial charge on any atom is -0.329 e. The van der Waals surface area contributed by atoms with Gasteiger partial charge in [-0.1, -0.05) is 30.3 Å². The van der Waals surface area contributed by atoms with Gasteiger partial charge in [-0.3, -0.25) is 9.59 Å². The molecular weight excluding hydrogens is 300 g/mol. The minimum atomic E-state index is -0.113. The Morgan fingerprint density at radius 3 is 2.33 bits per heavy atom. The Bertz CT molecular complexity index is 677. The largest absolute Gasteiger partial charge is 0.329 e. The molecule has 3 rings (SSSR count). The summed E-state index contributed by atoms with van der Waals surface area (Å²) in [6.45, 7) is 1.92. The number of amides is 1. The molecule has 124 valence electrons. The quantitative estimate of drug-likeness (QED) is 0.634. The van der Waals surface area contributed by atoms with Crippen LogP contribution in [0.2, 0.25) is 0 Å². The van der Waals surface area contributed by atoms with Gasteiger partial charge in [0.25, 0.3) is 0 Å². The zero-order valence-corrected chi connectivity index (χ0v) is 13.6. The van der Waals surface area contributed by atoms with Crippen LogP contribution in [0, 0.1) is 5.92 Å². The maximum absolute atomic E-state index is 13.2. The fourth-order valence-corrected chi connectivity index (χ4v) is 3.45. The number of hydrogen-bond acceptors (Lipinski definition) is 3. The zero-order chi connectivity index (χ0) is 16.8. The lowest BCUT2D eigenvalue weighted by Gasteiger charge is -2.30. The zero-order valence-electron chi connectivity index (χ0n) is 13.6. The Labute approximate surface area is 142 Å². The third kappa shape index (κ3) is 3.71.